The largest absolute Gasteiger partial charge is 0.494 e. The predicted octanol–water partition coefficient (Wildman–Crippen LogP) is 1.08. The molecule has 4 heteroatoms. The van der Waals surface area contributed by atoms with Gasteiger partial charge in [0.1, 0.15) is 5.75 Å². The van der Waals surface area contributed by atoms with E-state index >= 15 is 0 Å². The van der Waals surface area contributed by atoms with Crippen LogP contribution in [0.3, 0.4) is 0 Å². The number of hydrogen-bond acceptors (Lipinski definition) is 4. The maximum absolute atomic E-state index is 6.54. The van der Waals surface area contributed by atoms with Crippen LogP contribution in [0.1, 0.15) is 18.5 Å². The molecule has 3 fully saturated rings. The third-order valence-electron chi connectivity index (χ3n) is 4.31. The molecule has 0 spiro atoms. The van der Waals surface area contributed by atoms with Gasteiger partial charge in [-0.3, -0.25) is 9.80 Å². The number of ether oxygens (including phenoxy) is 1. The first-order valence-electron chi connectivity index (χ1n) is 7.23. The van der Waals surface area contributed by atoms with Gasteiger partial charge in [-0.15, -0.1) is 0 Å². The molecule has 0 saturated carbocycles. The number of para-hydroxylation sites is 1. The van der Waals surface area contributed by atoms with Crippen molar-refractivity contribution in [2.75, 3.05) is 39.3 Å². The van der Waals surface area contributed by atoms with Crippen molar-refractivity contribution in [1.82, 2.24) is 9.80 Å². The van der Waals surface area contributed by atoms with Crippen LogP contribution in [0, 0.1) is 0 Å². The number of piperazine rings is 3. The first-order chi connectivity index (χ1) is 9.29. The van der Waals surface area contributed by atoms with Gasteiger partial charge in [0, 0.05) is 44.3 Å². The zero-order valence-corrected chi connectivity index (χ0v) is 11.6. The molecule has 1 aromatic rings. The van der Waals surface area contributed by atoms with Crippen molar-refractivity contribution in [3.05, 3.63) is 29.8 Å². The zero-order chi connectivity index (χ0) is 13.2. The summed E-state index contributed by atoms with van der Waals surface area (Å²) < 4.78 is 5.72. The van der Waals surface area contributed by atoms with Crippen molar-refractivity contribution < 1.29 is 4.74 Å². The van der Waals surface area contributed by atoms with Gasteiger partial charge in [0.05, 0.1) is 12.6 Å². The summed E-state index contributed by atoms with van der Waals surface area (Å²) in [7, 11) is 0. The second kappa shape index (κ2) is 5.49. The topological polar surface area (TPSA) is 41.7 Å². The second-order valence-electron chi connectivity index (χ2n) is 5.40. The fourth-order valence-corrected chi connectivity index (χ4v) is 3.25. The molecule has 19 heavy (non-hydrogen) atoms. The van der Waals surface area contributed by atoms with Gasteiger partial charge in [0.25, 0.3) is 0 Å². The van der Waals surface area contributed by atoms with Crippen molar-refractivity contribution >= 4 is 0 Å². The highest BCUT2D eigenvalue weighted by molar-refractivity contribution is 5.37. The third-order valence-corrected chi connectivity index (χ3v) is 4.31. The quantitative estimate of drug-likeness (QED) is 0.881. The summed E-state index contributed by atoms with van der Waals surface area (Å²) in [6.07, 6.45) is 0. The maximum Gasteiger partial charge on any atom is 0.124 e. The zero-order valence-electron chi connectivity index (χ0n) is 11.6. The number of nitrogens with zero attached hydrogens (tertiary/aromatic N) is 2. The Bertz CT molecular complexity index is 429. The smallest absolute Gasteiger partial charge is 0.124 e. The molecule has 104 valence electrons. The van der Waals surface area contributed by atoms with E-state index in [4.69, 9.17) is 10.5 Å². The van der Waals surface area contributed by atoms with Crippen LogP contribution in [0.25, 0.3) is 0 Å². The first kappa shape index (κ1) is 12.9. The minimum absolute atomic E-state index is 0.0332. The average Bonchev–Trinajstić information content (AvgIpc) is 2.48. The van der Waals surface area contributed by atoms with Crippen molar-refractivity contribution in [3.63, 3.8) is 0 Å². The molecule has 3 aliphatic rings. The summed E-state index contributed by atoms with van der Waals surface area (Å²) in [5.74, 6) is 0.940. The van der Waals surface area contributed by atoms with Gasteiger partial charge in [0.15, 0.2) is 0 Å². The second-order valence-corrected chi connectivity index (χ2v) is 5.40. The van der Waals surface area contributed by atoms with E-state index in [1.54, 1.807) is 0 Å². The van der Waals surface area contributed by atoms with Crippen LogP contribution in [0.15, 0.2) is 24.3 Å². The average molecular weight is 261 g/mol. The predicted molar refractivity (Wildman–Crippen MR) is 76.3 cm³/mol. The van der Waals surface area contributed by atoms with Gasteiger partial charge >= 0.3 is 0 Å². The Kier molecular flexibility index (Phi) is 3.73. The lowest BCUT2D eigenvalue weighted by atomic mass is 9.94. The lowest BCUT2D eigenvalue weighted by Crippen LogP contribution is -2.63. The number of hydrogen-bond donors (Lipinski definition) is 1. The highest BCUT2D eigenvalue weighted by Gasteiger charge is 2.36. The normalized spacial score (nSPS) is 31.2. The van der Waals surface area contributed by atoms with Crippen molar-refractivity contribution in [2.45, 2.75) is 19.0 Å². The maximum atomic E-state index is 6.54. The summed E-state index contributed by atoms with van der Waals surface area (Å²) in [4.78, 5) is 5.06. The van der Waals surface area contributed by atoms with Gasteiger partial charge in [0.2, 0.25) is 0 Å². The van der Waals surface area contributed by atoms with Gasteiger partial charge in [-0.05, 0) is 13.0 Å². The van der Waals surface area contributed by atoms with Crippen LogP contribution < -0.4 is 10.5 Å². The van der Waals surface area contributed by atoms with Crippen LogP contribution in [0.5, 0.6) is 5.75 Å². The summed E-state index contributed by atoms with van der Waals surface area (Å²) >= 11 is 0. The number of fused-ring (bicyclic) bond motifs is 3. The molecule has 4 nitrogen and oxygen atoms in total. The van der Waals surface area contributed by atoms with Crippen molar-refractivity contribution in [3.8, 4) is 5.75 Å². The van der Waals surface area contributed by atoms with E-state index in [1.165, 1.54) is 13.1 Å². The Morgan fingerprint density at radius 3 is 2.63 bits per heavy atom. The molecule has 4 rings (SSSR count). The molecule has 2 unspecified atom stereocenters. The standard InChI is InChI=1S/C15H23N3O/c1-2-19-14-6-4-3-5-12(14)15(16)13-11-17-7-9-18(13)10-8-17/h3-6,13,15H,2,7-11,16H2,1H3. The van der Waals surface area contributed by atoms with E-state index in [-0.39, 0.29) is 6.04 Å². The Balaban J connectivity index is 1.81. The SMILES string of the molecule is CCOc1ccccc1C(N)C1CN2CCN1CC2. The van der Waals surface area contributed by atoms with Crippen LogP contribution >= 0.6 is 0 Å². The van der Waals surface area contributed by atoms with E-state index < -0.39 is 0 Å². The van der Waals surface area contributed by atoms with Gasteiger partial charge in [-0.2, -0.15) is 0 Å². The fraction of sp³-hybridized carbons (Fsp3) is 0.600. The Morgan fingerprint density at radius 2 is 2.00 bits per heavy atom. The molecule has 0 aromatic heterocycles. The Labute approximate surface area is 115 Å². The monoisotopic (exact) mass is 261 g/mol. The van der Waals surface area contributed by atoms with E-state index in [1.807, 2.05) is 19.1 Å². The number of benzene rings is 1. The fourth-order valence-electron chi connectivity index (χ4n) is 3.25. The van der Waals surface area contributed by atoms with E-state index in [0.29, 0.717) is 12.6 Å². The molecular weight excluding hydrogens is 238 g/mol. The van der Waals surface area contributed by atoms with E-state index in [2.05, 4.69) is 21.9 Å². The third kappa shape index (κ3) is 2.48. The molecule has 3 heterocycles. The highest BCUT2D eigenvalue weighted by Crippen LogP contribution is 2.30. The molecule has 1 aromatic carbocycles. The summed E-state index contributed by atoms with van der Waals surface area (Å²) in [5.41, 5.74) is 7.68. The van der Waals surface area contributed by atoms with E-state index in [0.717, 1.165) is 30.9 Å². The number of nitrogens with two attached hydrogens (primary N) is 1. The molecular formula is C15H23N3O. The molecule has 0 amide bonds. The molecule has 3 saturated heterocycles. The first-order valence-corrected chi connectivity index (χ1v) is 7.23. The lowest BCUT2D eigenvalue weighted by Gasteiger charge is -2.49. The molecule has 3 aliphatic heterocycles. The van der Waals surface area contributed by atoms with Crippen LogP contribution in [-0.2, 0) is 0 Å². The Hall–Kier alpha value is -1.10. The Morgan fingerprint density at radius 1 is 1.26 bits per heavy atom. The van der Waals surface area contributed by atoms with Gasteiger partial charge < -0.3 is 10.5 Å². The minimum Gasteiger partial charge on any atom is -0.494 e. The molecule has 2 atom stereocenters. The summed E-state index contributed by atoms with van der Waals surface area (Å²) in [6, 6.07) is 8.64. The van der Waals surface area contributed by atoms with Gasteiger partial charge in [-0.1, -0.05) is 18.2 Å². The summed E-state index contributed by atoms with van der Waals surface area (Å²) in [6.45, 7) is 8.46. The minimum atomic E-state index is 0.0332. The molecule has 2 bridgehead atoms. The molecule has 0 aliphatic carbocycles. The van der Waals surface area contributed by atoms with Crippen molar-refractivity contribution in [1.29, 1.82) is 0 Å². The lowest BCUT2D eigenvalue weighted by molar-refractivity contribution is 0.00182. The summed E-state index contributed by atoms with van der Waals surface area (Å²) in [5, 5.41) is 0. The van der Waals surface area contributed by atoms with Gasteiger partial charge in [-0.25, -0.2) is 0 Å². The molecule has 2 N–H and O–H groups in total. The van der Waals surface area contributed by atoms with Crippen LogP contribution in [0.2, 0.25) is 0 Å². The van der Waals surface area contributed by atoms with Crippen molar-refractivity contribution in [2.24, 2.45) is 5.73 Å². The van der Waals surface area contributed by atoms with Crippen LogP contribution in [0.4, 0.5) is 0 Å². The molecule has 0 radical (unpaired) electrons. The highest BCUT2D eigenvalue weighted by atomic mass is 16.5. The van der Waals surface area contributed by atoms with Crippen LogP contribution in [-0.4, -0.2) is 55.2 Å². The van der Waals surface area contributed by atoms with E-state index in [9.17, 15) is 0 Å². The number of rotatable bonds is 4.